The Morgan fingerprint density at radius 1 is 1.32 bits per heavy atom. The van der Waals surface area contributed by atoms with Crippen LogP contribution in [0.3, 0.4) is 0 Å². The number of rotatable bonds is 3. The van der Waals surface area contributed by atoms with Crippen molar-refractivity contribution in [3.8, 4) is 0 Å². The molecule has 3 rings (SSSR count). The molecule has 0 aliphatic heterocycles. The lowest BCUT2D eigenvalue weighted by molar-refractivity contribution is 0.650. The van der Waals surface area contributed by atoms with Crippen LogP contribution in [0.2, 0.25) is 0 Å². The van der Waals surface area contributed by atoms with Gasteiger partial charge in [0.25, 0.3) is 0 Å². The van der Waals surface area contributed by atoms with E-state index in [1.807, 2.05) is 18.8 Å². The highest BCUT2D eigenvalue weighted by atomic mass is 32.1. The van der Waals surface area contributed by atoms with Gasteiger partial charge in [-0.15, -0.1) is 11.3 Å². The van der Waals surface area contributed by atoms with E-state index in [0.29, 0.717) is 0 Å². The van der Waals surface area contributed by atoms with E-state index in [1.54, 1.807) is 11.3 Å². The first-order valence-corrected chi connectivity index (χ1v) is 7.22. The molecule has 0 aliphatic rings. The maximum absolute atomic E-state index is 4.71. The largest absolute Gasteiger partial charge is 0.308 e. The van der Waals surface area contributed by atoms with Crippen LogP contribution in [-0.2, 0) is 7.05 Å². The minimum absolute atomic E-state index is 0.149. The second kappa shape index (κ2) is 4.79. The van der Waals surface area contributed by atoms with E-state index < -0.39 is 0 Å². The summed E-state index contributed by atoms with van der Waals surface area (Å²) < 4.78 is 1.95. The number of thiophene rings is 1. The first kappa shape index (κ1) is 12.4. The molecule has 0 radical (unpaired) electrons. The van der Waals surface area contributed by atoms with Gasteiger partial charge in [-0.2, -0.15) is 5.10 Å². The molecule has 1 atom stereocenters. The molecule has 19 heavy (non-hydrogen) atoms. The Hall–Kier alpha value is -1.65. The number of fused-ring (bicyclic) bond motifs is 1. The molecule has 1 aromatic carbocycles. The van der Waals surface area contributed by atoms with Crippen molar-refractivity contribution in [1.82, 2.24) is 15.1 Å². The van der Waals surface area contributed by atoms with E-state index in [1.165, 1.54) is 21.3 Å². The SMILES string of the molecule is CNC(c1csc(C)c1)c1nn(C)c2ccccc12. The molecule has 0 saturated carbocycles. The van der Waals surface area contributed by atoms with Gasteiger partial charge in [0.2, 0.25) is 0 Å². The van der Waals surface area contributed by atoms with Crippen LogP contribution in [0.5, 0.6) is 0 Å². The highest BCUT2D eigenvalue weighted by Gasteiger charge is 2.19. The van der Waals surface area contributed by atoms with Crippen LogP contribution in [0.4, 0.5) is 0 Å². The molecule has 0 spiro atoms. The van der Waals surface area contributed by atoms with Gasteiger partial charge < -0.3 is 5.32 Å². The number of para-hydroxylation sites is 1. The molecule has 0 aliphatic carbocycles. The van der Waals surface area contributed by atoms with Gasteiger partial charge in [0.1, 0.15) is 0 Å². The fraction of sp³-hybridized carbons (Fsp3) is 0.267. The van der Waals surface area contributed by atoms with Crippen LogP contribution in [0.25, 0.3) is 10.9 Å². The van der Waals surface area contributed by atoms with E-state index in [4.69, 9.17) is 5.10 Å². The quantitative estimate of drug-likeness (QED) is 0.792. The Bertz CT molecular complexity index is 711. The van der Waals surface area contributed by atoms with Gasteiger partial charge in [0.05, 0.1) is 17.3 Å². The fourth-order valence-electron chi connectivity index (χ4n) is 2.53. The lowest BCUT2D eigenvalue weighted by Gasteiger charge is -2.12. The van der Waals surface area contributed by atoms with Crippen molar-refractivity contribution in [2.24, 2.45) is 7.05 Å². The number of hydrogen-bond acceptors (Lipinski definition) is 3. The third-order valence-electron chi connectivity index (χ3n) is 3.43. The average molecular weight is 271 g/mol. The monoisotopic (exact) mass is 271 g/mol. The molecule has 0 fully saturated rings. The fourth-order valence-corrected chi connectivity index (χ4v) is 3.26. The Balaban J connectivity index is 2.16. The summed E-state index contributed by atoms with van der Waals surface area (Å²) in [6, 6.07) is 10.8. The maximum Gasteiger partial charge on any atom is 0.0918 e. The van der Waals surface area contributed by atoms with Crippen LogP contribution in [0, 0.1) is 6.92 Å². The summed E-state index contributed by atoms with van der Waals surface area (Å²) in [4.78, 5) is 1.33. The highest BCUT2D eigenvalue weighted by molar-refractivity contribution is 7.10. The number of aryl methyl sites for hydroxylation is 2. The number of hydrogen-bond donors (Lipinski definition) is 1. The molecule has 3 nitrogen and oxygen atoms in total. The molecule has 2 heterocycles. The van der Waals surface area contributed by atoms with E-state index >= 15 is 0 Å². The van der Waals surface area contributed by atoms with Crippen LogP contribution < -0.4 is 5.32 Å². The van der Waals surface area contributed by atoms with Crippen molar-refractivity contribution in [1.29, 1.82) is 0 Å². The molecular formula is C15H17N3S. The molecule has 0 amide bonds. The third-order valence-corrected chi connectivity index (χ3v) is 4.31. The van der Waals surface area contributed by atoms with E-state index in [9.17, 15) is 0 Å². The zero-order chi connectivity index (χ0) is 13.4. The van der Waals surface area contributed by atoms with Gasteiger partial charge in [-0.3, -0.25) is 4.68 Å². The lowest BCUT2D eigenvalue weighted by atomic mass is 10.0. The van der Waals surface area contributed by atoms with Crippen LogP contribution in [0.15, 0.2) is 35.7 Å². The summed E-state index contributed by atoms with van der Waals surface area (Å²) in [6.07, 6.45) is 0. The average Bonchev–Trinajstić information content (AvgIpc) is 2.97. The summed E-state index contributed by atoms with van der Waals surface area (Å²) >= 11 is 1.78. The second-order valence-electron chi connectivity index (χ2n) is 4.74. The van der Waals surface area contributed by atoms with E-state index in [-0.39, 0.29) is 6.04 Å². The molecule has 98 valence electrons. The molecule has 1 N–H and O–H groups in total. The van der Waals surface area contributed by atoms with Crippen molar-refractivity contribution in [2.75, 3.05) is 7.05 Å². The number of nitrogens with one attached hydrogen (secondary N) is 1. The Morgan fingerprint density at radius 3 is 2.79 bits per heavy atom. The molecule has 0 saturated heterocycles. The standard InChI is InChI=1S/C15H17N3S/c1-10-8-11(9-19-10)14(16-2)15-12-6-4-5-7-13(12)18(3)17-15/h4-9,14,16H,1-3H3. The van der Waals surface area contributed by atoms with Crippen molar-refractivity contribution in [3.05, 3.63) is 51.8 Å². The predicted octanol–water partition coefficient (Wildman–Crippen LogP) is 3.25. The van der Waals surface area contributed by atoms with Crippen molar-refractivity contribution in [3.63, 3.8) is 0 Å². The van der Waals surface area contributed by atoms with Crippen LogP contribution in [-0.4, -0.2) is 16.8 Å². The van der Waals surface area contributed by atoms with Gasteiger partial charge in [0.15, 0.2) is 0 Å². The first-order chi connectivity index (χ1) is 9.20. The zero-order valence-electron chi connectivity index (χ0n) is 11.3. The topological polar surface area (TPSA) is 29.9 Å². The van der Waals surface area contributed by atoms with Crippen LogP contribution in [0.1, 0.15) is 22.2 Å². The smallest absolute Gasteiger partial charge is 0.0918 e. The minimum atomic E-state index is 0.149. The summed E-state index contributed by atoms with van der Waals surface area (Å²) in [7, 11) is 3.98. The minimum Gasteiger partial charge on any atom is -0.308 e. The number of benzene rings is 1. The summed E-state index contributed by atoms with van der Waals surface area (Å²) in [5, 5.41) is 11.5. The third kappa shape index (κ3) is 2.07. The predicted molar refractivity (Wildman–Crippen MR) is 80.7 cm³/mol. The molecular weight excluding hydrogens is 254 g/mol. The molecule has 0 bridgehead atoms. The summed E-state index contributed by atoms with van der Waals surface area (Å²) in [5.74, 6) is 0. The molecule has 1 unspecified atom stereocenters. The summed E-state index contributed by atoms with van der Waals surface area (Å²) in [6.45, 7) is 2.14. The molecule has 3 aromatic rings. The Kier molecular flexibility index (Phi) is 3.12. The van der Waals surface area contributed by atoms with Gasteiger partial charge in [0, 0.05) is 17.3 Å². The van der Waals surface area contributed by atoms with E-state index in [0.717, 1.165) is 5.69 Å². The lowest BCUT2D eigenvalue weighted by Crippen LogP contribution is -2.18. The highest BCUT2D eigenvalue weighted by Crippen LogP contribution is 2.30. The first-order valence-electron chi connectivity index (χ1n) is 6.34. The summed E-state index contributed by atoms with van der Waals surface area (Å²) in [5.41, 5.74) is 3.55. The van der Waals surface area contributed by atoms with Crippen molar-refractivity contribution < 1.29 is 0 Å². The van der Waals surface area contributed by atoms with Crippen molar-refractivity contribution in [2.45, 2.75) is 13.0 Å². The van der Waals surface area contributed by atoms with Crippen LogP contribution >= 0.6 is 11.3 Å². The molecule has 4 heteroatoms. The van der Waals surface area contributed by atoms with E-state index in [2.05, 4.69) is 48.0 Å². The second-order valence-corrected chi connectivity index (χ2v) is 5.85. The van der Waals surface area contributed by atoms with Gasteiger partial charge >= 0.3 is 0 Å². The van der Waals surface area contributed by atoms with Gasteiger partial charge in [-0.1, -0.05) is 18.2 Å². The normalized spacial score (nSPS) is 13.0. The van der Waals surface area contributed by atoms with Crippen molar-refractivity contribution >= 4 is 22.2 Å². The van der Waals surface area contributed by atoms with Gasteiger partial charge in [-0.25, -0.2) is 0 Å². The Labute approximate surface area is 116 Å². The maximum atomic E-state index is 4.71. The zero-order valence-corrected chi connectivity index (χ0v) is 12.2. The Morgan fingerprint density at radius 2 is 2.11 bits per heavy atom. The number of nitrogens with zero attached hydrogens (tertiary/aromatic N) is 2. The molecule has 2 aromatic heterocycles. The van der Waals surface area contributed by atoms with Gasteiger partial charge in [-0.05, 0) is 37.0 Å². The number of aromatic nitrogens is 2.